The molecule has 5 nitrogen and oxygen atoms in total. The zero-order valence-corrected chi connectivity index (χ0v) is 11.1. The number of nitrogens with zero attached hydrogens (tertiary/aromatic N) is 3. The lowest BCUT2D eigenvalue weighted by molar-refractivity contribution is 0.318. The molecule has 0 radical (unpaired) electrons. The first kappa shape index (κ1) is 12.5. The Morgan fingerprint density at radius 2 is 2.05 bits per heavy atom. The number of halogens is 1. The van der Waals surface area contributed by atoms with Gasteiger partial charge in [0, 0.05) is 10.9 Å². The number of benzene rings is 2. The summed E-state index contributed by atoms with van der Waals surface area (Å²) in [6, 6.07) is 13.0. The molecule has 1 aromatic heterocycles. The first-order valence-electron chi connectivity index (χ1n) is 5.91. The van der Waals surface area contributed by atoms with Crippen LogP contribution in [0, 0.1) is 0 Å². The van der Waals surface area contributed by atoms with E-state index >= 15 is 0 Å². The summed E-state index contributed by atoms with van der Waals surface area (Å²) in [4.78, 5) is 0. The Kier molecular flexibility index (Phi) is 3.04. The van der Waals surface area contributed by atoms with E-state index in [1.54, 1.807) is 29.1 Å². The van der Waals surface area contributed by atoms with Gasteiger partial charge in [0.15, 0.2) is 5.84 Å². The number of amidine groups is 1. The fourth-order valence-electron chi connectivity index (χ4n) is 2.06. The van der Waals surface area contributed by atoms with Gasteiger partial charge in [-0.3, -0.25) is 0 Å². The molecular formula is C14H11ClN4O. The van der Waals surface area contributed by atoms with E-state index in [1.807, 2.05) is 24.3 Å². The van der Waals surface area contributed by atoms with Crippen LogP contribution in [0.3, 0.4) is 0 Å². The van der Waals surface area contributed by atoms with Crippen molar-refractivity contribution in [3.63, 3.8) is 0 Å². The van der Waals surface area contributed by atoms with Gasteiger partial charge in [0.1, 0.15) is 0 Å². The number of hydrogen-bond acceptors (Lipinski definition) is 3. The number of hydrogen-bond donors (Lipinski definition) is 2. The molecule has 0 atom stereocenters. The van der Waals surface area contributed by atoms with Crippen LogP contribution in [0.2, 0.25) is 5.02 Å². The van der Waals surface area contributed by atoms with E-state index in [0.29, 0.717) is 10.6 Å². The third-order valence-electron chi connectivity index (χ3n) is 3.06. The minimum Gasteiger partial charge on any atom is -0.409 e. The van der Waals surface area contributed by atoms with Crippen molar-refractivity contribution in [3.05, 3.63) is 59.2 Å². The summed E-state index contributed by atoms with van der Waals surface area (Å²) in [5.41, 5.74) is 7.80. The number of rotatable bonds is 2. The molecule has 0 unspecified atom stereocenters. The number of para-hydroxylation sites is 1. The lowest BCUT2D eigenvalue weighted by Crippen LogP contribution is -2.13. The predicted molar refractivity (Wildman–Crippen MR) is 78.6 cm³/mol. The van der Waals surface area contributed by atoms with Crippen molar-refractivity contribution in [2.75, 3.05) is 0 Å². The SMILES string of the molecule is NC(=NO)c1ccc(-n2ncc3ccccc32)c(Cl)c1. The van der Waals surface area contributed by atoms with Gasteiger partial charge in [0.25, 0.3) is 0 Å². The fraction of sp³-hybridized carbons (Fsp3) is 0. The van der Waals surface area contributed by atoms with Crippen LogP contribution in [0.5, 0.6) is 0 Å². The summed E-state index contributed by atoms with van der Waals surface area (Å²) in [5, 5.41) is 17.5. The highest BCUT2D eigenvalue weighted by Crippen LogP contribution is 2.25. The van der Waals surface area contributed by atoms with Gasteiger partial charge in [-0.1, -0.05) is 35.0 Å². The molecule has 0 amide bonds. The third-order valence-corrected chi connectivity index (χ3v) is 3.36. The molecule has 0 fully saturated rings. The van der Waals surface area contributed by atoms with Crippen molar-refractivity contribution in [2.24, 2.45) is 10.9 Å². The van der Waals surface area contributed by atoms with Gasteiger partial charge in [0.05, 0.1) is 22.4 Å². The predicted octanol–water partition coefficient (Wildman–Crippen LogP) is 2.77. The third kappa shape index (κ3) is 1.98. The normalized spacial score (nSPS) is 11.9. The van der Waals surface area contributed by atoms with Crippen molar-refractivity contribution in [1.82, 2.24) is 9.78 Å². The molecule has 0 aliphatic heterocycles. The number of aromatic nitrogens is 2. The molecular weight excluding hydrogens is 276 g/mol. The molecule has 1 heterocycles. The van der Waals surface area contributed by atoms with Gasteiger partial charge in [-0.2, -0.15) is 5.10 Å². The maximum atomic E-state index is 8.68. The molecule has 3 aromatic rings. The Morgan fingerprint density at radius 3 is 2.80 bits per heavy atom. The van der Waals surface area contributed by atoms with Crippen LogP contribution >= 0.6 is 11.6 Å². The molecule has 0 spiro atoms. The zero-order valence-electron chi connectivity index (χ0n) is 10.4. The van der Waals surface area contributed by atoms with Crippen molar-refractivity contribution in [2.45, 2.75) is 0 Å². The van der Waals surface area contributed by atoms with Gasteiger partial charge in [-0.05, 0) is 24.3 Å². The van der Waals surface area contributed by atoms with Crippen LogP contribution in [0.25, 0.3) is 16.6 Å². The van der Waals surface area contributed by atoms with Gasteiger partial charge in [-0.15, -0.1) is 0 Å². The van der Waals surface area contributed by atoms with E-state index in [-0.39, 0.29) is 5.84 Å². The zero-order chi connectivity index (χ0) is 14.1. The second-order valence-corrected chi connectivity index (χ2v) is 4.67. The van der Waals surface area contributed by atoms with Crippen LogP contribution < -0.4 is 5.73 Å². The van der Waals surface area contributed by atoms with Crippen LogP contribution in [-0.4, -0.2) is 20.8 Å². The maximum absolute atomic E-state index is 8.68. The van der Waals surface area contributed by atoms with Crippen molar-refractivity contribution >= 4 is 28.3 Å². The molecule has 0 aliphatic rings. The van der Waals surface area contributed by atoms with E-state index in [2.05, 4.69) is 10.3 Å². The Balaban J connectivity index is 2.15. The van der Waals surface area contributed by atoms with Crippen LogP contribution in [0.1, 0.15) is 5.56 Å². The first-order valence-corrected chi connectivity index (χ1v) is 6.29. The molecule has 0 saturated heterocycles. The topological polar surface area (TPSA) is 76.4 Å². The largest absolute Gasteiger partial charge is 0.409 e. The molecule has 0 bridgehead atoms. The standard InChI is InChI=1S/C14H11ClN4O/c15-11-7-9(14(16)18-20)5-6-13(11)19-12-4-2-1-3-10(12)8-17-19/h1-8,20H,(H2,16,18). The monoisotopic (exact) mass is 286 g/mol. The minimum absolute atomic E-state index is 0.0174. The van der Waals surface area contributed by atoms with Crippen molar-refractivity contribution < 1.29 is 5.21 Å². The molecule has 0 saturated carbocycles. The summed E-state index contributed by atoms with van der Waals surface area (Å²) in [5.74, 6) is 0.0174. The lowest BCUT2D eigenvalue weighted by atomic mass is 10.2. The average Bonchev–Trinajstić information content (AvgIpc) is 2.90. The van der Waals surface area contributed by atoms with Gasteiger partial charge < -0.3 is 10.9 Å². The highest BCUT2D eigenvalue weighted by atomic mass is 35.5. The highest BCUT2D eigenvalue weighted by molar-refractivity contribution is 6.32. The molecule has 0 aliphatic carbocycles. The second-order valence-electron chi connectivity index (χ2n) is 4.27. The van der Waals surface area contributed by atoms with Gasteiger partial charge in [-0.25, -0.2) is 4.68 Å². The van der Waals surface area contributed by atoms with Crippen molar-refractivity contribution in [1.29, 1.82) is 0 Å². The smallest absolute Gasteiger partial charge is 0.170 e. The highest BCUT2D eigenvalue weighted by Gasteiger charge is 2.10. The number of fused-ring (bicyclic) bond motifs is 1. The summed E-state index contributed by atoms with van der Waals surface area (Å²) in [6.07, 6.45) is 1.78. The Labute approximate surface area is 119 Å². The number of nitrogens with two attached hydrogens (primary N) is 1. The Hall–Kier alpha value is -2.53. The summed E-state index contributed by atoms with van der Waals surface area (Å²) >= 11 is 6.27. The molecule has 100 valence electrons. The van der Waals surface area contributed by atoms with Crippen LogP contribution in [-0.2, 0) is 0 Å². The number of oxime groups is 1. The lowest BCUT2D eigenvalue weighted by Gasteiger charge is -2.08. The van der Waals surface area contributed by atoms with E-state index in [1.165, 1.54) is 0 Å². The Morgan fingerprint density at radius 1 is 1.25 bits per heavy atom. The van der Waals surface area contributed by atoms with E-state index in [0.717, 1.165) is 16.6 Å². The maximum Gasteiger partial charge on any atom is 0.170 e. The summed E-state index contributed by atoms with van der Waals surface area (Å²) in [7, 11) is 0. The average molecular weight is 287 g/mol. The molecule has 20 heavy (non-hydrogen) atoms. The van der Waals surface area contributed by atoms with E-state index < -0.39 is 0 Å². The van der Waals surface area contributed by atoms with Crippen LogP contribution in [0.15, 0.2) is 53.8 Å². The Bertz CT molecular complexity index is 810. The minimum atomic E-state index is 0.0174. The van der Waals surface area contributed by atoms with Crippen LogP contribution in [0.4, 0.5) is 0 Å². The molecule has 2 aromatic carbocycles. The molecule has 3 rings (SSSR count). The quantitative estimate of drug-likeness (QED) is 0.329. The molecule has 6 heteroatoms. The summed E-state index contributed by atoms with van der Waals surface area (Å²) in [6.45, 7) is 0. The summed E-state index contributed by atoms with van der Waals surface area (Å²) < 4.78 is 1.76. The van der Waals surface area contributed by atoms with E-state index in [4.69, 9.17) is 22.5 Å². The fourth-order valence-corrected chi connectivity index (χ4v) is 2.32. The van der Waals surface area contributed by atoms with Gasteiger partial charge in [0.2, 0.25) is 0 Å². The molecule has 3 N–H and O–H groups in total. The van der Waals surface area contributed by atoms with E-state index in [9.17, 15) is 0 Å². The second kappa shape index (κ2) is 4.86. The van der Waals surface area contributed by atoms with Gasteiger partial charge >= 0.3 is 0 Å². The first-order chi connectivity index (χ1) is 9.70. The van der Waals surface area contributed by atoms with Crippen molar-refractivity contribution in [3.8, 4) is 5.69 Å².